The van der Waals surface area contributed by atoms with Crippen molar-refractivity contribution < 1.29 is 19.1 Å². The van der Waals surface area contributed by atoms with Crippen LogP contribution in [0.4, 0.5) is 10.8 Å². The second kappa shape index (κ2) is 11.1. The number of β-amino-alcohol motifs (C(OH)–C–C–N with tert-alkyl or cyclic N) is 1. The molecule has 1 aliphatic carbocycles. The number of rotatable bonds is 6. The van der Waals surface area contributed by atoms with E-state index < -0.39 is 11.0 Å². The Labute approximate surface area is 249 Å². The van der Waals surface area contributed by atoms with E-state index in [-0.39, 0.29) is 24.8 Å². The maximum Gasteiger partial charge on any atom is 0.319 e. The molecule has 5 heterocycles. The van der Waals surface area contributed by atoms with Crippen LogP contribution < -0.4 is 15.4 Å². The molecule has 3 N–H and O–H groups in total. The molecule has 3 aromatic heterocycles. The lowest BCUT2D eigenvalue weighted by molar-refractivity contribution is -0.0123. The molecule has 2 fully saturated rings. The van der Waals surface area contributed by atoms with Crippen LogP contribution in [-0.4, -0.2) is 87.8 Å². The van der Waals surface area contributed by atoms with Gasteiger partial charge >= 0.3 is 6.01 Å². The van der Waals surface area contributed by atoms with E-state index in [0.29, 0.717) is 53.5 Å². The number of thiophene rings is 1. The summed E-state index contributed by atoms with van der Waals surface area (Å²) in [6, 6.07) is 4.57. The average Bonchev–Trinajstić information content (AvgIpc) is 3.66. The first-order valence-electron chi connectivity index (χ1n) is 14.6. The molecule has 2 saturated heterocycles. The predicted octanol–water partition coefficient (Wildman–Crippen LogP) is 3.13. The van der Waals surface area contributed by atoms with Crippen LogP contribution >= 0.6 is 11.3 Å². The minimum Gasteiger partial charge on any atom is -0.459 e. The highest BCUT2D eigenvalue weighted by molar-refractivity contribution is 7.16. The molecular formula is C29H38N8O4S. The minimum absolute atomic E-state index is 0.134. The van der Waals surface area contributed by atoms with Gasteiger partial charge in [0.1, 0.15) is 34.3 Å². The standard InChI is InChI=1S/C29H38N8O4S/c1-17(20-7-6-10-36(20)4)40-27-32-19(13-22(33-27)37-11-12-39-16-28(2,38)15-37)25-34-26(41-35-25)29(3)9-5-8-21-23(29)18(14-30)24(31)42-21/h13,17,20,38H,5-12,15-16,31H2,1-4H3/t17-,20-,28?,29?/m0/s1. The minimum atomic E-state index is -1.05. The normalized spacial score (nSPS) is 27.3. The molecule has 224 valence electrons. The quantitative estimate of drug-likeness (QED) is 0.430. The number of nitrogens with zero attached hydrogens (tertiary/aromatic N) is 7. The smallest absolute Gasteiger partial charge is 0.319 e. The molecule has 2 aliphatic heterocycles. The van der Waals surface area contributed by atoms with Crippen LogP contribution in [0, 0.1) is 11.3 Å². The topological polar surface area (TPSA) is 160 Å². The van der Waals surface area contributed by atoms with Crippen molar-refractivity contribution in [3.63, 3.8) is 0 Å². The number of likely N-dealkylation sites (tertiary alicyclic amines) is 1. The van der Waals surface area contributed by atoms with Crippen molar-refractivity contribution in [3.05, 3.63) is 28.0 Å². The highest BCUT2D eigenvalue weighted by Crippen LogP contribution is 2.48. The van der Waals surface area contributed by atoms with Gasteiger partial charge in [-0.05, 0) is 66.5 Å². The number of nitrogen functional groups attached to an aromatic ring is 1. The Morgan fingerprint density at radius 2 is 2.10 bits per heavy atom. The Kier molecular flexibility index (Phi) is 7.59. The van der Waals surface area contributed by atoms with E-state index in [4.69, 9.17) is 34.7 Å². The molecule has 4 atom stereocenters. The summed E-state index contributed by atoms with van der Waals surface area (Å²) in [7, 11) is 2.11. The lowest BCUT2D eigenvalue weighted by atomic mass is 9.72. The number of likely N-dealkylation sites (N-methyl/N-ethyl adjacent to an activating group) is 1. The van der Waals surface area contributed by atoms with Crippen molar-refractivity contribution in [1.82, 2.24) is 25.0 Å². The van der Waals surface area contributed by atoms with Gasteiger partial charge in [-0.2, -0.15) is 20.2 Å². The Morgan fingerprint density at radius 1 is 1.26 bits per heavy atom. The van der Waals surface area contributed by atoms with Gasteiger partial charge in [-0.1, -0.05) is 5.16 Å². The van der Waals surface area contributed by atoms with Crippen LogP contribution in [0.25, 0.3) is 11.5 Å². The highest BCUT2D eigenvalue weighted by atomic mass is 32.1. The fourth-order valence-corrected chi connectivity index (χ4v) is 7.77. The lowest BCUT2D eigenvalue weighted by Gasteiger charge is -2.30. The second-order valence-electron chi connectivity index (χ2n) is 12.2. The number of fused-ring (bicyclic) bond motifs is 1. The Morgan fingerprint density at radius 3 is 2.86 bits per heavy atom. The van der Waals surface area contributed by atoms with E-state index in [2.05, 4.69) is 23.2 Å². The summed E-state index contributed by atoms with van der Waals surface area (Å²) in [5.74, 6) is 1.31. The fourth-order valence-electron chi connectivity index (χ4n) is 6.58. The molecule has 12 nitrogen and oxygen atoms in total. The van der Waals surface area contributed by atoms with Crippen molar-refractivity contribution >= 4 is 22.2 Å². The molecule has 0 bridgehead atoms. The second-order valence-corrected chi connectivity index (χ2v) is 13.4. The average molecular weight is 595 g/mol. The summed E-state index contributed by atoms with van der Waals surface area (Å²) in [5.41, 5.74) is 6.37. The van der Waals surface area contributed by atoms with Crippen molar-refractivity contribution in [2.75, 3.05) is 50.5 Å². The number of nitriles is 1. The number of aliphatic hydroxyl groups is 1. The fraction of sp³-hybridized carbons (Fsp3) is 0.621. The molecule has 3 aliphatic rings. The molecule has 42 heavy (non-hydrogen) atoms. The zero-order valence-corrected chi connectivity index (χ0v) is 25.4. The first-order chi connectivity index (χ1) is 20.1. The maximum absolute atomic E-state index is 10.8. The van der Waals surface area contributed by atoms with E-state index in [9.17, 15) is 10.4 Å². The molecule has 0 saturated carbocycles. The van der Waals surface area contributed by atoms with E-state index >= 15 is 0 Å². The van der Waals surface area contributed by atoms with Gasteiger partial charge in [-0.3, -0.25) is 4.90 Å². The monoisotopic (exact) mass is 594 g/mol. The summed E-state index contributed by atoms with van der Waals surface area (Å²) < 4.78 is 17.9. The molecule has 6 rings (SSSR count). The summed E-state index contributed by atoms with van der Waals surface area (Å²) in [5, 5.41) is 25.6. The van der Waals surface area contributed by atoms with Crippen LogP contribution in [0.1, 0.15) is 68.3 Å². The van der Waals surface area contributed by atoms with Gasteiger partial charge < -0.3 is 29.7 Å². The molecule has 2 unspecified atom stereocenters. The third-order valence-electron chi connectivity index (χ3n) is 8.76. The van der Waals surface area contributed by atoms with Gasteiger partial charge in [-0.15, -0.1) is 11.3 Å². The molecule has 13 heteroatoms. The van der Waals surface area contributed by atoms with E-state index in [1.807, 2.05) is 18.7 Å². The van der Waals surface area contributed by atoms with Gasteiger partial charge in [-0.25, -0.2) is 0 Å². The van der Waals surface area contributed by atoms with Crippen LogP contribution in [0.5, 0.6) is 6.01 Å². The summed E-state index contributed by atoms with van der Waals surface area (Å²) in [6.07, 6.45) is 4.58. The first-order valence-corrected chi connectivity index (χ1v) is 15.4. The Hall–Kier alpha value is -3.31. The first kappa shape index (κ1) is 28.8. The van der Waals surface area contributed by atoms with Gasteiger partial charge in [0.25, 0.3) is 0 Å². The highest BCUT2D eigenvalue weighted by Gasteiger charge is 2.43. The number of ether oxygens (including phenoxy) is 2. The molecule has 0 spiro atoms. The zero-order valence-electron chi connectivity index (χ0n) is 24.6. The van der Waals surface area contributed by atoms with Crippen LogP contribution in [0.3, 0.4) is 0 Å². The largest absolute Gasteiger partial charge is 0.459 e. The van der Waals surface area contributed by atoms with Crippen molar-refractivity contribution in [3.8, 4) is 23.6 Å². The molecule has 0 radical (unpaired) electrons. The number of nitrogens with two attached hydrogens (primary N) is 1. The SMILES string of the molecule is C[C@H](Oc1nc(-c2noc(C3(C)CCCc4sc(N)c(C#N)c43)n2)cc(N2CCOCC(C)(O)C2)n1)[C@@H]1CCCN1C. The van der Waals surface area contributed by atoms with Crippen molar-refractivity contribution in [2.45, 2.75) is 76.0 Å². The number of anilines is 2. The molecular weight excluding hydrogens is 556 g/mol. The Balaban J connectivity index is 1.38. The summed E-state index contributed by atoms with van der Waals surface area (Å²) in [6.45, 7) is 8.42. The third-order valence-corrected chi connectivity index (χ3v) is 9.83. The molecule has 0 aromatic carbocycles. The van der Waals surface area contributed by atoms with Crippen molar-refractivity contribution in [1.29, 1.82) is 5.26 Å². The number of aromatic nitrogens is 4. The molecule has 0 amide bonds. The number of hydrogen-bond acceptors (Lipinski definition) is 13. The van der Waals surface area contributed by atoms with Gasteiger partial charge in [0.05, 0.1) is 30.7 Å². The van der Waals surface area contributed by atoms with Crippen LogP contribution in [-0.2, 0) is 16.6 Å². The third kappa shape index (κ3) is 5.32. The predicted molar refractivity (Wildman–Crippen MR) is 158 cm³/mol. The van der Waals surface area contributed by atoms with Gasteiger partial charge in [0.15, 0.2) is 0 Å². The number of aryl methyl sites for hydroxylation is 1. The lowest BCUT2D eigenvalue weighted by Crippen LogP contribution is -2.42. The van der Waals surface area contributed by atoms with Crippen LogP contribution in [0.15, 0.2) is 10.6 Å². The summed E-state index contributed by atoms with van der Waals surface area (Å²) >= 11 is 1.47. The summed E-state index contributed by atoms with van der Waals surface area (Å²) in [4.78, 5) is 19.7. The number of hydrogen-bond donors (Lipinski definition) is 2. The van der Waals surface area contributed by atoms with Crippen molar-refractivity contribution in [2.24, 2.45) is 0 Å². The Bertz CT molecular complexity index is 1500. The molecule has 3 aromatic rings. The maximum atomic E-state index is 10.8. The van der Waals surface area contributed by atoms with Gasteiger partial charge in [0, 0.05) is 29.1 Å². The van der Waals surface area contributed by atoms with Crippen LogP contribution in [0.2, 0.25) is 0 Å². The zero-order chi connectivity index (χ0) is 29.6. The van der Waals surface area contributed by atoms with Gasteiger partial charge in [0.2, 0.25) is 11.7 Å². The van der Waals surface area contributed by atoms with E-state index in [0.717, 1.165) is 49.1 Å². The van der Waals surface area contributed by atoms with E-state index in [1.165, 1.54) is 11.3 Å². The van der Waals surface area contributed by atoms with E-state index in [1.54, 1.807) is 13.0 Å².